The molecule has 0 unspecified atom stereocenters. The number of amides is 2. The lowest BCUT2D eigenvalue weighted by molar-refractivity contribution is 0.0944. The van der Waals surface area contributed by atoms with Crippen molar-refractivity contribution in [2.24, 2.45) is 5.92 Å². The first kappa shape index (κ1) is 18.9. The van der Waals surface area contributed by atoms with Gasteiger partial charge in [-0.05, 0) is 49.1 Å². The zero-order valence-corrected chi connectivity index (χ0v) is 15.6. The third kappa shape index (κ3) is 5.03. The minimum atomic E-state index is -0.339. The van der Waals surface area contributed by atoms with E-state index in [1.54, 1.807) is 12.1 Å². The number of benzene rings is 1. The molecule has 6 heteroatoms. The number of hydrogen-bond donors (Lipinski definition) is 2. The number of aryl methyl sites for hydroxylation is 2. The molecule has 0 atom stereocenters. The van der Waals surface area contributed by atoms with E-state index in [2.05, 4.69) is 15.6 Å². The second-order valence-electron chi connectivity index (χ2n) is 6.43. The number of pyridine rings is 1. The second kappa shape index (κ2) is 8.12. The number of hydrogen-bond acceptors (Lipinski definition) is 3. The fourth-order valence-electron chi connectivity index (χ4n) is 2.34. The Balaban J connectivity index is 2.18. The Hall–Kier alpha value is -2.40. The topological polar surface area (TPSA) is 71.1 Å². The van der Waals surface area contributed by atoms with Gasteiger partial charge in [-0.2, -0.15) is 0 Å². The van der Waals surface area contributed by atoms with Crippen molar-refractivity contribution in [1.29, 1.82) is 0 Å². The van der Waals surface area contributed by atoms with Gasteiger partial charge >= 0.3 is 0 Å². The molecule has 0 saturated carbocycles. The first-order valence-electron chi connectivity index (χ1n) is 8.10. The highest BCUT2D eigenvalue weighted by atomic mass is 35.5. The molecule has 0 radical (unpaired) electrons. The van der Waals surface area contributed by atoms with Crippen molar-refractivity contribution in [3.63, 3.8) is 0 Å². The quantitative estimate of drug-likeness (QED) is 0.847. The summed E-state index contributed by atoms with van der Waals surface area (Å²) in [5.41, 5.74) is 3.02. The third-order valence-electron chi connectivity index (χ3n) is 3.60. The van der Waals surface area contributed by atoms with Crippen LogP contribution in [0.4, 0.5) is 5.69 Å². The molecule has 1 aromatic carbocycles. The van der Waals surface area contributed by atoms with Crippen LogP contribution < -0.4 is 10.6 Å². The summed E-state index contributed by atoms with van der Waals surface area (Å²) in [4.78, 5) is 28.7. The molecule has 0 aliphatic heterocycles. The van der Waals surface area contributed by atoms with Gasteiger partial charge in [-0.1, -0.05) is 31.5 Å². The summed E-state index contributed by atoms with van der Waals surface area (Å²) in [5, 5.41) is 6.07. The number of rotatable bonds is 5. The van der Waals surface area contributed by atoms with E-state index < -0.39 is 0 Å². The molecule has 1 heterocycles. The highest BCUT2D eigenvalue weighted by molar-refractivity contribution is 6.34. The van der Waals surface area contributed by atoms with Crippen molar-refractivity contribution < 1.29 is 9.59 Å². The van der Waals surface area contributed by atoms with Crippen LogP contribution in [-0.4, -0.2) is 23.3 Å². The summed E-state index contributed by atoms with van der Waals surface area (Å²) in [6, 6.07) is 6.77. The molecule has 0 spiro atoms. The molecular weight excluding hydrogens is 338 g/mol. The fraction of sp³-hybridized carbons (Fsp3) is 0.316. The zero-order valence-electron chi connectivity index (χ0n) is 14.8. The predicted octanol–water partition coefficient (Wildman–Crippen LogP) is 3.99. The van der Waals surface area contributed by atoms with E-state index in [0.29, 0.717) is 28.7 Å². The van der Waals surface area contributed by atoms with Gasteiger partial charge in [0.15, 0.2) is 0 Å². The van der Waals surface area contributed by atoms with Crippen molar-refractivity contribution in [3.8, 4) is 0 Å². The molecule has 0 aliphatic carbocycles. The summed E-state index contributed by atoms with van der Waals surface area (Å²) in [6.07, 6.45) is 1.45. The third-order valence-corrected chi connectivity index (χ3v) is 3.89. The highest BCUT2D eigenvalue weighted by Gasteiger charge is 2.14. The molecule has 2 N–H and O–H groups in total. The lowest BCUT2D eigenvalue weighted by Gasteiger charge is -2.12. The number of aromatic nitrogens is 1. The van der Waals surface area contributed by atoms with Crippen LogP contribution in [0.15, 0.2) is 30.5 Å². The van der Waals surface area contributed by atoms with Crippen LogP contribution in [0.25, 0.3) is 0 Å². The summed E-state index contributed by atoms with van der Waals surface area (Å²) in [6.45, 7) is 8.38. The Bertz CT molecular complexity index is 780. The maximum absolute atomic E-state index is 12.5. The van der Waals surface area contributed by atoms with Crippen LogP contribution in [0.1, 0.15) is 45.8 Å². The van der Waals surface area contributed by atoms with Gasteiger partial charge in [-0.15, -0.1) is 0 Å². The molecule has 0 aliphatic rings. The van der Waals surface area contributed by atoms with E-state index in [0.717, 1.165) is 11.1 Å². The van der Waals surface area contributed by atoms with Gasteiger partial charge in [0.2, 0.25) is 0 Å². The van der Waals surface area contributed by atoms with Crippen molar-refractivity contribution in [2.75, 3.05) is 11.9 Å². The number of carbonyl (C=O) groups excluding carboxylic acids is 2. The van der Waals surface area contributed by atoms with Crippen molar-refractivity contribution in [3.05, 3.63) is 57.9 Å². The molecule has 0 fully saturated rings. The Labute approximate surface area is 152 Å². The van der Waals surface area contributed by atoms with Gasteiger partial charge in [-0.3, -0.25) is 14.6 Å². The Morgan fingerprint density at radius 1 is 1.16 bits per heavy atom. The lowest BCUT2D eigenvalue weighted by Crippen LogP contribution is -2.28. The molecule has 25 heavy (non-hydrogen) atoms. The van der Waals surface area contributed by atoms with Crippen LogP contribution in [0, 0.1) is 19.8 Å². The maximum atomic E-state index is 12.5. The number of nitrogens with one attached hydrogen (secondary N) is 2. The molecular formula is C19H22ClN3O2. The van der Waals surface area contributed by atoms with E-state index in [4.69, 9.17) is 11.6 Å². The van der Waals surface area contributed by atoms with Gasteiger partial charge in [0.05, 0.1) is 10.7 Å². The van der Waals surface area contributed by atoms with Crippen LogP contribution in [0.3, 0.4) is 0 Å². The fourth-order valence-corrected chi connectivity index (χ4v) is 2.71. The summed E-state index contributed by atoms with van der Waals surface area (Å²) >= 11 is 6.23. The van der Waals surface area contributed by atoms with Gasteiger partial charge < -0.3 is 10.6 Å². The standard InChI is InChI=1S/C19H22ClN3O2/c1-11(2)10-22-19(25)16-9-14(5-6-21-16)18(24)23-17-13(4)7-12(3)8-15(17)20/h5-9,11H,10H2,1-4H3,(H,22,25)(H,23,24). The molecule has 0 bridgehead atoms. The monoisotopic (exact) mass is 359 g/mol. The highest BCUT2D eigenvalue weighted by Crippen LogP contribution is 2.27. The van der Waals surface area contributed by atoms with E-state index in [9.17, 15) is 9.59 Å². The maximum Gasteiger partial charge on any atom is 0.269 e. The molecule has 2 rings (SSSR count). The number of anilines is 1. The zero-order chi connectivity index (χ0) is 18.6. The molecule has 1 aromatic heterocycles. The van der Waals surface area contributed by atoms with Crippen molar-refractivity contribution >= 4 is 29.1 Å². The average Bonchev–Trinajstić information content (AvgIpc) is 2.55. The van der Waals surface area contributed by atoms with Gasteiger partial charge in [-0.25, -0.2) is 0 Å². The smallest absolute Gasteiger partial charge is 0.269 e. The van der Waals surface area contributed by atoms with E-state index in [1.807, 2.05) is 33.8 Å². The summed E-state index contributed by atoms with van der Waals surface area (Å²) in [7, 11) is 0. The van der Waals surface area contributed by atoms with Crippen molar-refractivity contribution in [2.45, 2.75) is 27.7 Å². The van der Waals surface area contributed by atoms with Gasteiger partial charge in [0, 0.05) is 18.3 Å². The minimum absolute atomic E-state index is 0.208. The second-order valence-corrected chi connectivity index (χ2v) is 6.83. The first-order chi connectivity index (χ1) is 11.8. The number of carbonyl (C=O) groups is 2. The SMILES string of the molecule is Cc1cc(C)c(NC(=O)c2ccnc(C(=O)NCC(C)C)c2)c(Cl)c1. The van der Waals surface area contributed by atoms with E-state index >= 15 is 0 Å². The molecule has 2 aromatic rings. The van der Waals surface area contributed by atoms with Crippen LogP contribution in [0.5, 0.6) is 0 Å². The molecule has 0 saturated heterocycles. The Morgan fingerprint density at radius 2 is 1.88 bits per heavy atom. The number of nitrogens with zero attached hydrogens (tertiary/aromatic N) is 1. The Morgan fingerprint density at radius 3 is 2.52 bits per heavy atom. The molecule has 2 amide bonds. The van der Waals surface area contributed by atoms with Gasteiger partial charge in [0.1, 0.15) is 5.69 Å². The van der Waals surface area contributed by atoms with E-state index in [1.165, 1.54) is 12.3 Å². The van der Waals surface area contributed by atoms with Crippen LogP contribution in [0.2, 0.25) is 5.02 Å². The predicted molar refractivity (Wildman–Crippen MR) is 100 cm³/mol. The molecule has 5 nitrogen and oxygen atoms in total. The minimum Gasteiger partial charge on any atom is -0.350 e. The Kier molecular flexibility index (Phi) is 6.15. The average molecular weight is 360 g/mol. The first-order valence-corrected chi connectivity index (χ1v) is 8.48. The van der Waals surface area contributed by atoms with E-state index in [-0.39, 0.29) is 17.5 Å². The molecule has 132 valence electrons. The normalized spacial score (nSPS) is 10.6. The van der Waals surface area contributed by atoms with Gasteiger partial charge in [0.25, 0.3) is 11.8 Å². The van der Waals surface area contributed by atoms with Crippen molar-refractivity contribution in [1.82, 2.24) is 10.3 Å². The van der Waals surface area contributed by atoms with Crippen LogP contribution >= 0.6 is 11.6 Å². The number of halogens is 1. The van der Waals surface area contributed by atoms with Crippen LogP contribution in [-0.2, 0) is 0 Å². The lowest BCUT2D eigenvalue weighted by atomic mass is 10.1. The largest absolute Gasteiger partial charge is 0.350 e. The summed E-state index contributed by atoms with van der Waals surface area (Å²) in [5.74, 6) is -0.302. The summed E-state index contributed by atoms with van der Waals surface area (Å²) < 4.78 is 0.